The molecular formula is C18H20N2O. The van der Waals surface area contributed by atoms with Crippen LogP contribution in [0.4, 0.5) is 11.4 Å². The van der Waals surface area contributed by atoms with E-state index in [1.165, 1.54) is 16.6 Å². The first-order valence-corrected chi connectivity index (χ1v) is 7.14. The minimum absolute atomic E-state index is 0.758. The van der Waals surface area contributed by atoms with Gasteiger partial charge in [-0.25, -0.2) is 0 Å². The number of para-hydroxylation sites is 3. The molecule has 0 bridgehead atoms. The van der Waals surface area contributed by atoms with Crippen molar-refractivity contribution in [1.29, 1.82) is 0 Å². The maximum Gasteiger partial charge on any atom is 0.134 e. The molecule has 0 spiro atoms. The molecular weight excluding hydrogens is 260 g/mol. The molecule has 3 aromatic rings. The average molecular weight is 280 g/mol. The summed E-state index contributed by atoms with van der Waals surface area (Å²) in [5, 5.41) is 4.71. The Bertz CT molecular complexity index is 759. The SMILES string of the molecule is Cc1oc2ccccc2c1CNc1ccccc1N(C)C. The van der Waals surface area contributed by atoms with Gasteiger partial charge in [0.15, 0.2) is 0 Å². The first-order chi connectivity index (χ1) is 10.2. The lowest BCUT2D eigenvalue weighted by Crippen LogP contribution is -2.12. The third-order valence-corrected chi connectivity index (χ3v) is 3.74. The molecule has 21 heavy (non-hydrogen) atoms. The molecule has 0 aliphatic heterocycles. The molecule has 0 amide bonds. The minimum atomic E-state index is 0.758. The molecule has 108 valence electrons. The molecule has 1 aromatic heterocycles. The van der Waals surface area contributed by atoms with E-state index in [4.69, 9.17) is 4.42 Å². The number of fused-ring (bicyclic) bond motifs is 1. The van der Waals surface area contributed by atoms with E-state index in [9.17, 15) is 0 Å². The summed E-state index contributed by atoms with van der Waals surface area (Å²) in [5.74, 6) is 0.978. The van der Waals surface area contributed by atoms with Crippen molar-refractivity contribution in [1.82, 2.24) is 0 Å². The maximum atomic E-state index is 5.81. The molecule has 0 atom stereocenters. The standard InChI is InChI=1S/C18H20N2O/c1-13-15(14-8-4-7-11-18(14)21-13)12-19-16-9-5-6-10-17(16)20(2)3/h4-11,19H,12H2,1-3H3. The quantitative estimate of drug-likeness (QED) is 0.767. The predicted molar refractivity (Wildman–Crippen MR) is 89.0 cm³/mol. The molecule has 0 unspecified atom stereocenters. The first-order valence-electron chi connectivity index (χ1n) is 7.14. The molecule has 2 aromatic carbocycles. The highest BCUT2D eigenvalue weighted by Crippen LogP contribution is 2.28. The van der Waals surface area contributed by atoms with E-state index in [0.29, 0.717) is 0 Å². The van der Waals surface area contributed by atoms with Crippen molar-refractivity contribution in [2.75, 3.05) is 24.3 Å². The number of benzene rings is 2. The lowest BCUT2D eigenvalue weighted by molar-refractivity contribution is 0.573. The Kier molecular flexibility index (Phi) is 3.57. The zero-order chi connectivity index (χ0) is 14.8. The maximum absolute atomic E-state index is 5.81. The second-order valence-electron chi connectivity index (χ2n) is 5.40. The number of aryl methyl sites for hydroxylation is 1. The van der Waals surface area contributed by atoms with E-state index in [-0.39, 0.29) is 0 Å². The van der Waals surface area contributed by atoms with Crippen LogP contribution in [-0.2, 0) is 6.54 Å². The molecule has 0 saturated carbocycles. The summed E-state index contributed by atoms with van der Waals surface area (Å²) in [7, 11) is 4.11. The number of nitrogens with zero attached hydrogens (tertiary/aromatic N) is 1. The molecule has 3 rings (SSSR count). The summed E-state index contributed by atoms with van der Waals surface area (Å²) >= 11 is 0. The third-order valence-electron chi connectivity index (χ3n) is 3.74. The van der Waals surface area contributed by atoms with E-state index in [0.717, 1.165) is 23.6 Å². The van der Waals surface area contributed by atoms with Gasteiger partial charge >= 0.3 is 0 Å². The van der Waals surface area contributed by atoms with Gasteiger partial charge in [0.05, 0.1) is 11.4 Å². The summed E-state index contributed by atoms with van der Waals surface area (Å²) < 4.78 is 5.81. The zero-order valence-corrected chi connectivity index (χ0v) is 12.7. The van der Waals surface area contributed by atoms with Crippen molar-refractivity contribution >= 4 is 22.3 Å². The van der Waals surface area contributed by atoms with Crippen LogP contribution in [0.2, 0.25) is 0 Å². The summed E-state index contributed by atoms with van der Waals surface area (Å²) in [4.78, 5) is 2.11. The number of anilines is 2. The van der Waals surface area contributed by atoms with Gasteiger partial charge in [-0.1, -0.05) is 30.3 Å². The van der Waals surface area contributed by atoms with Crippen molar-refractivity contribution in [2.45, 2.75) is 13.5 Å². The minimum Gasteiger partial charge on any atom is -0.461 e. The molecule has 3 heteroatoms. The van der Waals surface area contributed by atoms with Crippen LogP contribution >= 0.6 is 0 Å². The molecule has 0 aliphatic carbocycles. The Morgan fingerprint density at radius 1 is 1.00 bits per heavy atom. The topological polar surface area (TPSA) is 28.4 Å². The second kappa shape index (κ2) is 5.52. The molecule has 0 fully saturated rings. The number of hydrogen-bond donors (Lipinski definition) is 1. The van der Waals surface area contributed by atoms with Crippen molar-refractivity contribution in [3.8, 4) is 0 Å². The van der Waals surface area contributed by atoms with E-state index >= 15 is 0 Å². The van der Waals surface area contributed by atoms with Crippen molar-refractivity contribution in [3.63, 3.8) is 0 Å². The zero-order valence-electron chi connectivity index (χ0n) is 12.7. The van der Waals surface area contributed by atoms with Gasteiger partial charge < -0.3 is 14.6 Å². The fourth-order valence-electron chi connectivity index (χ4n) is 2.64. The fourth-order valence-corrected chi connectivity index (χ4v) is 2.64. The molecule has 1 heterocycles. The lowest BCUT2D eigenvalue weighted by Gasteiger charge is -2.18. The van der Waals surface area contributed by atoms with Gasteiger partial charge in [-0.15, -0.1) is 0 Å². The smallest absolute Gasteiger partial charge is 0.134 e. The highest BCUT2D eigenvalue weighted by Gasteiger charge is 2.11. The normalized spacial score (nSPS) is 10.8. The second-order valence-corrected chi connectivity index (χ2v) is 5.40. The lowest BCUT2D eigenvalue weighted by atomic mass is 10.1. The summed E-state index contributed by atoms with van der Waals surface area (Å²) in [6.07, 6.45) is 0. The summed E-state index contributed by atoms with van der Waals surface area (Å²) in [5.41, 5.74) is 4.49. The van der Waals surface area contributed by atoms with Gasteiger partial charge in [-0.2, -0.15) is 0 Å². The monoisotopic (exact) mass is 280 g/mol. The van der Waals surface area contributed by atoms with Crippen LogP contribution in [0, 0.1) is 6.92 Å². The van der Waals surface area contributed by atoms with E-state index < -0.39 is 0 Å². The number of rotatable bonds is 4. The van der Waals surface area contributed by atoms with Crippen LogP contribution in [0.3, 0.4) is 0 Å². The van der Waals surface area contributed by atoms with Crippen molar-refractivity contribution in [3.05, 3.63) is 59.9 Å². The van der Waals surface area contributed by atoms with Gasteiger partial charge in [0.25, 0.3) is 0 Å². The van der Waals surface area contributed by atoms with Gasteiger partial charge in [0.2, 0.25) is 0 Å². The molecule has 1 N–H and O–H groups in total. The van der Waals surface area contributed by atoms with Gasteiger partial charge in [-0.3, -0.25) is 0 Å². The number of furan rings is 1. The highest BCUT2D eigenvalue weighted by atomic mass is 16.3. The van der Waals surface area contributed by atoms with E-state index in [1.807, 2.05) is 19.1 Å². The van der Waals surface area contributed by atoms with Crippen LogP contribution in [0.5, 0.6) is 0 Å². The van der Waals surface area contributed by atoms with Gasteiger partial charge in [0.1, 0.15) is 11.3 Å². The Morgan fingerprint density at radius 3 is 2.52 bits per heavy atom. The number of nitrogens with one attached hydrogen (secondary N) is 1. The average Bonchev–Trinajstić information content (AvgIpc) is 2.81. The molecule has 0 aliphatic rings. The third kappa shape index (κ3) is 2.59. The first kappa shape index (κ1) is 13.6. The van der Waals surface area contributed by atoms with Crippen molar-refractivity contribution < 1.29 is 4.42 Å². The summed E-state index contributed by atoms with van der Waals surface area (Å²) in [6, 6.07) is 16.5. The molecule has 3 nitrogen and oxygen atoms in total. The van der Waals surface area contributed by atoms with Gasteiger partial charge in [-0.05, 0) is 25.1 Å². The highest BCUT2D eigenvalue weighted by molar-refractivity contribution is 5.82. The van der Waals surface area contributed by atoms with Crippen LogP contribution in [0.25, 0.3) is 11.0 Å². The Labute approximate surface area is 125 Å². The number of hydrogen-bond acceptors (Lipinski definition) is 3. The Morgan fingerprint density at radius 2 is 1.71 bits per heavy atom. The van der Waals surface area contributed by atoms with Gasteiger partial charge in [0, 0.05) is 31.6 Å². The van der Waals surface area contributed by atoms with E-state index in [1.54, 1.807) is 0 Å². The Hall–Kier alpha value is -2.42. The molecule has 0 radical (unpaired) electrons. The van der Waals surface area contributed by atoms with Crippen molar-refractivity contribution in [2.24, 2.45) is 0 Å². The van der Waals surface area contributed by atoms with Crippen LogP contribution in [-0.4, -0.2) is 14.1 Å². The largest absolute Gasteiger partial charge is 0.461 e. The summed E-state index contributed by atoms with van der Waals surface area (Å²) in [6.45, 7) is 2.78. The fraction of sp³-hybridized carbons (Fsp3) is 0.222. The van der Waals surface area contributed by atoms with Crippen LogP contribution < -0.4 is 10.2 Å². The predicted octanol–water partition coefficient (Wildman–Crippen LogP) is 4.42. The van der Waals surface area contributed by atoms with Crippen LogP contribution in [0.1, 0.15) is 11.3 Å². The molecule has 0 saturated heterocycles. The van der Waals surface area contributed by atoms with Crippen LogP contribution in [0.15, 0.2) is 52.9 Å². The van der Waals surface area contributed by atoms with E-state index in [2.05, 4.69) is 60.7 Å². The Balaban J connectivity index is 1.89.